The van der Waals surface area contributed by atoms with Crippen molar-refractivity contribution in [3.05, 3.63) is 17.5 Å². The molecule has 0 unspecified atom stereocenters. The van der Waals surface area contributed by atoms with Crippen LogP contribution in [0.2, 0.25) is 0 Å². The lowest BCUT2D eigenvalue weighted by Gasteiger charge is -2.12. The summed E-state index contributed by atoms with van der Waals surface area (Å²) < 4.78 is 4.93. The number of hydrogen-bond acceptors (Lipinski definition) is 6. The lowest BCUT2D eigenvalue weighted by atomic mass is 10.3. The second-order valence-corrected chi connectivity index (χ2v) is 3.50. The molecule has 0 spiro atoms. The molecule has 0 atom stereocenters. The summed E-state index contributed by atoms with van der Waals surface area (Å²) in [5.74, 6) is 4.81. The highest BCUT2D eigenvalue weighted by molar-refractivity contribution is 5.91. The van der Waals surface area contributed by atoms with Crippen molar-refractivity contribution >= 4 is 11.8 Å². The van der Waals surface area contributed by atoms with Crippen LogP contribution in [0, 0.1) is 0 Å². The van der Waals surface area contributed by atoms with Crippen LogP contribution < -0.4 is 16.6 Å². The molecule has 0 bridgehead atoms. The quantitative estimate of drug-likeness (QED) is 0.327. The van der Waals surface area contributed by atoms with Gasteiger partial charge in [0.1, 0.15) is 0 Å². The summed E-state index contributed by atoms with van der Waals surface area (Å²) in [6.45, 7) is 0.605. The van der Waals surface area contributed by atoms with Crippen LogP contribution in [0.4, 0.5) is 0 Å². The molecule has 0 fully saturated rings. The van der Waals surface area contributed by atoms with Gasteiger partial charge in [-0.25, -0.2) is 5.84 Å². The van der Waals surface area contributed by atoms with Gasteiger partial charge < -0.3 is 9.84 Å². The fourth-order valence-electron chi connectivity index (χ4n) is 1.21. The highest BCUT2D eigenvalue weighted by Gasteiger charge is 2.13. The molecule has 0 aliphatic rings. The number of likely N-dealkylation sites (N-methyl/N-ethyl adjacent to an activating group) is 2. The van der Waals surface area contributed by atoms with Gasteiger partial charge >= 0.3 is 0 Å². The van der Waals surface area contributed by atoms with Gasteiger partial charge in [-0.3, -0.25) is 19.9 Å². The third-order valence-electron chi connectivity index (χ3n) is 2.04. The van der Waals surface area contributed by atoms with Gasteiger partial charge in [0, 0.05) is 13.1 Å². The van der Waals surface area contributed by atoms with E-state index in [1.165, 1.54) is 6.07 Å². The minimum absolute atomic E-state index is 0.105. The molecule has 1 rings (SSSR count). The minimum atomic E-state index is -0.519. The van der Waals surface area contributed by atoms with E-state index in [-0.39, 0.29) is 18.1 Å². The molecule has 0 radical (unpaired) electrons. The van der Waals surface area contributed by atoms with Crippen molar-refractivity contribution in [1.82, 2.24) is 20.8 Å². The zero-order chi connectivity index (χ0) is 12.8. The lowest BCUT2D eigenvalue weighted by molar-refractivity contribution is -0.121. The fourth-order valence-corrected chi connectivity index (χ4v) is 1.21. The second-order valence-electron chi connectivity index (χ2n) is 3.50. The predicted octanol–water partition coefficient (Wildman–Crippen LogP) is -1.54. The number of nitrogens with one attached hydrogen (secondary N) is 2. The van der Waals surface area contributed by atoms with E-state index in [2.05, 4.69) is 10.5 Å². The van der Waals surface area contributed by atoms with Crippen molar-refractivity contribution in [1.29, 1.82) is 0 Å². The number of hydrogen-bond donors (Lipinski definition) is 3. The Morgan fingerprint density at radius 2 is 2.29 bits per heavy atom. The van der Waals surface area contributed by atoms with Gasteiger partial charge in [-0.1, -0.05) is 5.16 Å². The maximum absolute atomic E-state index is 11.1. The van der Waals surface area contributed by atoms with Crippen molar-refractivity contribution in [2.75, 3.05) is 20.6 Å². The lowest BCUT2D eigenvalue weighted by Crippen LogP contribution is -2.32. The summed E-state index contributed by atoms with van der Waals surface area (Å²) in [6.07, 6.45) is 0. The van der Waals surface area contributed by atoms with E-state index < -0.39 is 5.91 Å². The molecule has 1 aromatic rings. The van der Waals surface area contributed by atoms with E-state index in [9.17, 15) is 9.59 Å². The van der Waals surface area contributed by atoms with Crippen LogP contribution in [0.25, 0.3) is 0 Å². The molecule has 8 nitrogen and oxygen atoms in total. The van der Waals surface area contributed by atoms with Crippen molar-refractivity contribution in [3.8, 4) is 0 Å². The Morgan fingerprint density at radius 3 is 2.88 bits per heavy atom. The summed E-state index contributed by atoms with van der Waals surface area (Å²) in [4.78, 5) is 23.9. The molecule has 8 heteroatoms. The average molecular weight is 241 g/mol. The Morgan fingerprint density at radius 1 is 1.59 bits per heavy atom. The van der Waals surface area contributed by atoms with Gasteiger partial charge in [-0.15, -0.1) is 0 Å². The monoisotopic (exact) mass is 241 g/mol. The maximum Gasteiger partial charge on any atom is 0.287 e. The molecule has 1 heterocycles. The molecule has 0 saturated heterocycles. The van der Waals surface area contributed by atoms with Crippen LogP contribution in [0.5, 0.6) is 0 Å². The van der Waals surface area contributed by atoms with Gasteiger partial charge in [0.2, 0.25) is 5.91 Å². The van der Waals surface area contributed by atoms with Crippen LogP contribution in [0.15, 0.2) is 10.6 Å². The van der Waals surface area contributed by atoms with Gasteiger partial charge in [0.25, 0.3) is 5.91 Å². The molecular weight excluding hydrogens is 226 g/mol. The molecule has 0 saturated carbocycles. The molecule has 4 N–H and O–H groups in total. The SMILES string of the molecule is CNC(=O)CN(C)Cc1cc(C(=O)NN)no1. The van der Waals surface area contributed by atoms with Gasteiger partial charge in [0.15, 0.2) is 11.5 Å². The zero-order valence-electron chi connectivity index (χ0n) is 9.69. The molecule has 0 aliphatic heterocycles. The average Bonchev–Trinajstić information content (AvgIpc) is 2.76. The number of nitrogen functional groups attached to an aromatic ring is 1. The summed E-state index contributed by atoms with van der Waals surface area (Å²) in [5, 5.41) is 6.05. The number of rotatable bonds is 5. The molecule has 17 heavy (non-hydrogen) atoms. The van der Waals surface area contributed by atoms with Crippen LogP contribution in [0.1, 0.15) is 16.2 Å². The summed E-state index contributed by atoms with van der Waals surface area (Å²) in [7, 11) is 3.31. The first-order valence-corrected chi connectivity index (χ1v) is 4.92. The van der Waals surface area contributed by atoms with Crippen LogP contribution in [0.3, 0.4) is 0 Å². The first-order chi connectivity index (χ1) is 8.06. The van der Waals surface area contributed by atoms with Crippen molar-refractivity contribution in [2.24, 2.45) is 5.84 Å². The summed E-state index contributed by atoms with van der Waals surface area (Å²) in [6, 6.07) is 1.47. The first-order valence-electron chi connectivity index (χ1n) is 4.92. The molecule has 1 aromatic heterocycles. The van der Waals surface area contributed by atoms with E-state index >= 15 is 0 Å². The molecule has 94 valence electrons. The van der Waals surface area contributed by atoms with Gasteiger partial charge in [-0.05, 0) is 7.05 Å². The maximum atomic E-state index is 11.1. The normalized spacial score (nSPS) is 10.4. The standard InChI is InChI=1S/C9H15N5O3/c1-11-8(15)5-14(2)4-6-3-7(13-17-6)9(16)12-10/h3H,4-5,10H2,1-2H3,(H,11,15)(H,12,16). The number of aromatic nitrogens is 1. The number of amides is 2. The van der Waals surface area contributed by atoms with E-state index in [0.717, 1.165) is 0 Å². The first kappa shape index (κ1) is 13.1. The Hall–Kier alpha value is -1.93. The number of hydrazine groups is 1. The smallest absolute Gasteiger partial charge is 0.287 e. The number of carbonyl (C=O) groups excluding carboxylic acids is 2. The largest absolute Gasteiger partial charge is 0.359 e. The molecule has 2 amide bonds. The van der Waals surface area contributed by atoms with E-state index in [4.69, 9.17) is 10.4 Å². The number of carbonyl (C=O) groups is 2. The van der Waals surface area contributed by atoms with Gasteiger partial charge in [0.05, 0.1) is 13.1 Å². The summed E-state index contributed by atoms with van der Waals surface area (Å²) >= 11 is 0. The van der Waals surface area contributed by atoms with E-state index in [0.29, 0.717) is 12.3 Å². The summed E-state index contributed by atoms with van der Waals surface area (Å²) in [5.41, 5.74) is 2.06. The van der Waals surface area contributed by atoms with Crippen molar-refractivity contribution in [3.63, 3.8) is 0 Å². The second kappa shape index (κ2) is 5.97. The van der Waals surface area contributed by atoms with Crippen molar-refractivity contribution in [2.45, 2.75) is 6.54 Å². The van der Waals surface area contributed by atoms with Crippen LogP contribution in [-0.4, -0.2) is 42.5 Å². The van der Waals surface area contributed by atoms with Crippen LogP contribution >= 0.6 is 0 Å². The number of nitrogens with two attached hydrogens (primary N) is 1. The molecule has 0 aliphatic carbocycles. The van der Waals surface area contributed by atoms with Gasteiger partial charge in [-0.2, -0.15) is 0 Å². The molecule has 0 aromatic carbocycles. The number of nitrogens with zero attached hydrogens (tertiary/aromatic N) is 2. The fraction of sp³-hybridized carbons (Fsp3) is 0.444. The van der Waals surface area contributed by atoms with Crippen molar-refractivity contribution < 1.29 is 14.1 Å². The van der Waals surface area contributed by atoms with E-state index in [1.807, 2.05) is 5.43 Å². The van der Waals surface area contributed by atoms with Crippen LogP contribution in [-0.2, 0) is 11.3 Å². The molecular formula is C9H15N5O3. The highest BCUT2D eigenvalue weighted by atomic mass is 16.5. The Balaban J connectivity index is 2.54. The van der Waals surface area contributed by atoms with E-state index in [1.54, 1.807) is 19.0 Å². The predicted molar refractivity (Wildman–Crippen MR) is 58.6 cm³/mol. The Bertz CT molecular complexity index is 403. The third kappa shape index (κ3) is 3.85. The highest BCUT2D eigenvalue weighted by Crippen LogP contribution is 2.05. The minimum Gasteiger partial charge on any atom is -0.359 e. The topological polar surface area (TPSA) is 113 Å². The zero-order valence-corrected chi connectivity index (χ0v) is 9.69. The third-order valence-corrected chi connectivity index (χ3v) is 2.04. The Kier molecular flexibility index (Phi) is 4.61. The Labute approximate surface area is 98.1 Å².